The van der Waals surface area contributed by atoms with Gasteiger partial charge in [-0.05, 0) is 61.9 Å². The van der Waals surface area contributed by atoms with Crippen molar-refractivity contribution in [3.63, 3.8) is 0 Å². The van der Waals surface area contributed by atoms with Crippen LogP contribution in [0.4, 0.5) is 10.2 Å². The maximum absolute atomic E-state index is 13.0. The van der Waals surface area contributed by atoms with Gasteiger partial charge >= 0.3 is 0 Å². The van der Waals surface area contributed by atoms with E-state index in [1.165, 1.54) is 12.1 Å². The average molecular weight is 391 g/mol. The zero-order chi connectivity index (χ0) is 20.4. The highest BCUT2D eigenvalue weighted by Crippen LogP contribution is 2.30. The van der Waals surface area contributed by atoms with E-state index in [1.54, 1.807) is 24.4 Å². The van der Waals surface area contributed by atoms with E-state index in [0.29, 0.717) is 24.6 Å². The third-order valence-corrected chi connectivity index (χ3v) is 5.09. The summed E-state index contributed by atoms with van der Waals surface area (Å²) in [7, 11) is 0. The lowest BCUT2D eigenvalue weighted by molar-refractivity contribution is 0.0787. The first-order chi connectivity index (χ1) is 14.0. The molecule has 5 nitrogen and oxygen atoms in total. The highest BCUT2D eigenvalue weighted by atomic mass is 19.1. The van der Waals surface area contributed by atoms with E-state index in [9.17, 15) is 9.18 Å². The second-order valence-electron chi connectivity index (χ2n) is 7.00. The molecule has 148 valence electrons. The number of anilines is 1. The first-order valence-corrected chi connectivity index (χ1v) is 9.62. The minimum atomic E-state index is -0.294. The number of benzene rings is 2. The Labute approximate surface area is 169 Å². The van der Waals surface area contributed by atoms with Crippen LogP contribution < -0.4 is 10.1 Å². The van der Waals surface area contributed by atoms with Crippen molar-refractivity contribution in [2.24, 2.45) is 0 Å². The molecule has 6 heteroatoms. The lowest BCUT2D eigenvalue weighted by atomic mass is 10.1. The molecule has 1 aliphatic heterocycles. The molecule has 0 saturated heterocycles. The molecular weight excluding hydrogens is 369 g/mol. The summed E-state index contributed by atoms with van der Waals surface area (Å²) < 4.78 is 18.7. The summed E-state index contributed by atoms with van der Waals surface area (Å²) in [5, 5.41) is 3.43. The highest BCUT2D eigenvalue weighted by Gasteiger charge is 2.29. The zero-order valence-corrected chi connectivity index (χ0v) is 16.4. The van der Waals surface area contributed by atoms with Gasteiger partial charge in [0.15, 0.2) is 0 Å². The molecule has 1 aliphatic rings. The normalized spacial score (nSPS) is 13.9. The van der Waals surface area contributed by atoms with Crippen molar-refractivity contribution in [3.05, 3.63) is 83.3 Å². The van der Waals surface area contributed by atoms with E-state index in [1.807, 2.05) is 43.0 Å². The fraction of sp³-hybridized carbons (Fsp3) is 0.217. The quantitative estimate of drug-likeness (QED) is 0.630. The molecule has 1 aromatic heterocycles. The Kier molecular flexibility index (Phi) is 5.16. The van der Waals surface area contributed by atoms with Gasteiger partial charge in [0.25, 0.3) is 5.91 Å². The van der Waals surface area contributed by atoms with E-state index in [0.717, 1.165) is 22.5 Å². The number of nitrogens with one attached hydrogen (secondary N) is 1. The fourth-order valence-corrected chi connectivity index (χ4v) is 3.42. The molecule has 1 N–H and O–H groups in total. The number of nitrogens with zero attached hydrogens (tertiary/aromatic N) is 2. The second kappa shape index (κ2) is 7.91. The number of carbonyl (C=O) groups excluding carboxylic acids is 1. The Balaban J connectivity index is 1.47. The number of amides is 1. The zero-order valence-electron chi connectivity index (χ0n) is 16.4. The Morgan fingerprint density at radius 2 is 1.76 bits per heavy atom. The number of aromatic nitrogens is 1. The van der Waals surface area contributed by atoms with Crippen molar-refractivity contribution in [2.45, 2.75) is 26.4 Å². The van der Waals surface area contributed by atoms with Gasteiger partial charge in [0.05, 0.1) is 6.54 Å². The van der Waals surface area contributed by atoms with E-state index in [4.69, 9.17) is 4.74 Å². The van der Waals surface area contributed by atoms with Gasteiger partial charge in [-0.2, -0.15) is 0 Å². The van der Waals surface area contributed by atoms with Gasteiger partial charge in [0.1, 0.15) is 23.1 Å². The number of pyridine rings is 1. The molecule has 0 radical (unpaired) electrons. The van der Waals surface area contributed by atoms with Gasteiger partial charge in [-0.15, -0.1) is 0 Å². The Morgan fingerprint density at radius 1 is 1.10 bits per heavy atom. The van der Waals surface area contributed by atoms with Crippen LogP contribution in [0.25, 0.3) is 0 Å². The van der Waals surface area contributed by atoms with Gasteiger partial charge in [-0.25, -0.2) is 9.37 Å². The maximum Gasteiger partial charge on any atom is 0.254 e. The highest BCUT2D eigenvalue weighted by molar-refractivity contribution is 5.99. The van der Waals surface area contributed by atoms with E-state index < -0.39 is 0 Å². The molecule has 0 saturated carbocycles. The third-order valence-electron chi connectivity index (χ3n) is 5.09. The van der Waals surface area contributed by atoms with Gasteiger partial charge in [-0.1, -0.05) is 12.1 Å². The van der Waals surface area contributed by atoms with Crippen molar-refractivity contribution >= 4 is 11.7 Å². The van der Waals surface area contributed by atoms with Gasteiger partial charge in [0, 0.05) is 29.9 Å². The van der Waals surface area contributed by atoms with Crippen LogP contribution >= 0.6 is 0 Å². The minimum absolute atomic E-state index is 0.000324. The van der Waals surface area contributed by atoms with E-state index in [-0.39, 0.29) is 17.8 Å². The smallest absolute Gasteiger partial charge is 0.254 e. The molecule has 0 unspecified atom stereocenters. The minimum Gasteiger partial charge on any atom is -0.457 e. The van der Waals surface area contributed by atoms with Crippen LogP contribution in [0.2, 0.25) is 0 Å². The Bertz CT molecular complexity index is 1020. The number of ether oxygens (including phenoxy) is 1. The monoisotopic (exact) mass is 391 g/mol. The first kappa shape index (κ1) is 18.9. The van der Waals surface area contributed by atoms with Crippen molar-refractivity contribution in [1.82, 2.24) is 9.88 Å². The summed E-state index contributed by atoms with van der Waals surface area (Å²) in [6.07, 6.45) is 1.67. The number of hydrogen-bond acceptors (Lipinski definition) is 4. The van der Waals surface area contributed by atoms with Crippen molar-refractivity contribution in [2.75, 3.05) is 11.9 Å². The van der Waals surface area contributed by atoms with Gasteiger partial charge in [0.2, 0.25) is 0 Å². The molecule has 0 aliphatic carbocycles. The van der Waals surface area contributed by atoms with Gasteiger partial charge < -0.3 is 15.0 Å². The van der Waals surface area contributed by atoms with Crippen LogP contribution in [0.5, 0.6) is 11.5 Å². The predicted octanol–water partition coefficient (Wildman–Crippen LogP) is 5.16. The molecule has 2 aromatic carbocycles. The number of fused-ring (bicyclic) bond motifs is 1. The Morgan fingerprint density at radius 3 is 2.41 bits per heavy atom. The molecule has 29 heavy (non-hydrogen) atoms. The molecule has 0 fully saturated rings. The van der Waals surface area contributed by atoms with Crippen molar-refractivity contribution < 1.29 is 13.9 Å². The van der Waals surface area contributed by atoms with Crippen LogP contribution in [0.15, 0.2) is 60.8 Å². The van der Waals surface area contributed by atoms with Crippen LogP contribution in [-0.2, 0) is 6.54 Å². The fourth-order valence-electron chi connectivity index (χ4n) is 3.42. The molecular formula is C23H22FN3O2. The molecule has 0 spiro atoms. The number of hydrogen-bond donors (Lipinski definition) is 1. The van der Waals surface area contributed by atoms with E-state index >= 15 is 0 Å². The second-order valence-corrected chi connectivity index (χ2v) is 7.00. The molecule has 4 rings (SSSR count). The lowest BCUT2D eigenvalue weighted by Crippen LogP contribution is -2.22. The summed E-state index contributed by atoms with van der Waals surface area (Å²) in [5.74, 6) is 1.76. The predicted molar refractivity (Wildman–Crippen MR) is 110 cm³/mol. The lowest BCUT2D eigenvalue weighted by Gasteiger charge is -2.17. The van der Waals surface area contributed by atoms with Crippen LogP contribution in [0.3, 0.4) is 0 Å². The largest absolute Gasteiger partial charge is 0.457 e. The number of halogens is 1. The molecule has 2 heterocycles. The molecule has 1 amide bonds. The number of carbonyl (C=O) groups is 1. The van der Waals surface area contributed by atoms with Gasteiger partial charge in [-0.3, -0.25) is 4.79 Å². The summed E-state index contributed by atoms with van der Waals surface area (Å²) in [6, 6.07) is 15.4. The van der Waals surface area contributed by atoms with Crippen LogP contribution in [0, 0.1) is 5.82 Å². The maximum atomic E-state index is 13.0. The summed E-state index contributed by atoms with van der Waals surface area (Å²) >= 11 is 0. The number of rotatable bonds is 6. The third kappa shape index (κ3) is 3.92. The topological polar surface area (TPSA) is 54.5 Å². The standard InChI is InChI=1S/C23H22FN3O2/c1-3-27-14-21-20(23(27)28)12-13-25-22(21)26-15(2)16-4-8-18(9-5-16)29-19-10-6-17(24)7-11-19/h4-13,15H,3,14H2,1-2H3,(H,25,26)/t15-/m0/s1. The first-order valence-electron chi connectivity index (χ1n) is 9.62. The summed E-state index contributed by atoms with van der Waals surface area (Å²) in [6.45, 7) is 5.28. The SMILES string of the molecule is CCN1Cc2c(ccnc2N[C@@H](C)c2ccc(Oc3ccc(F)cc3)cc2)C1=O. The van der Waals surface area contributed by atoms with Crippen LogP contribution in [0.1, 0.15) is 41.4 Å². The Hall–Kier alpha value is -3.41. The summed E-state index contributed by atoms with van der Waals surface area (Å²) in [5.41, 5.74) is 2.73. The molecule has 1 atom stereocenters. The van der Waals surface area contributed by atoms with Crippen molar-refractivity contribution in [1.29, 1.82) is 0 Å². The van der Waals surface area contributed by atoms with E-state index in [2.05, 4.69) is 10.3 Å². The average Bonchev–Trinajstić information content (AvgIpc) is 3.07. The summed E-state index contributed by atoms with van der Waals surface area (Å²) in [4.78, 5) is 18.6. The molecule has 0 bridgehead atoms. The van der Waals surface area contributed by atoms with Crippen LogP contribution in [-0.4, -0.2) is 22.3 Å². The molecule has 3 aromatic rings. The van der Waals surface area contributed by atoms with Crippen molar-refractivity contribution in [3.8, 4) is 11.5 Å².